The molecule has 0 aromatic carbocycles. The second-order valence-corrected chi connectivity index (χ2v) is 3.83. The first kappa shape index (κ1) is 12.0. The van der Waals surface area contributed by atoms with Crippen molar-refractivity contribution in [3.63, 3.8) is 0 Å². The Morgan fingerprint density at radius 3 is 2.40 bits per heavy atom. The first-order chi connectivity index (χ1) is 7.15. The molecule has 1 rings (SSSR count). The normalized spacial score (nSPS) is 13.4. The van der Waals surface area contributed by atoms with E-state index in [0.717, 1.165) is 18.4 Å². The lowest BCUT2D eigenvalue weighted by Gasteiger charge is -2.24. The Bertz CT molecular complexity index is 303. The number of hydrazine groups is 1. The van der Waals surface area contributed by atoms with Gasteiger partial charge in [-0.15, -0.1) is 0 Å². The van der Waals surface area contributed by atoms with Gasteiger partial charge in [-0.2, -0.15) is 5.10 Å². The SMILES string of the molecule is CCC(CC)C(NN)c1cnn(C)c1N. The fourth-order valence-electron chi connectivity index (χ4n) is 1.94. The Morgan fingerprint density at radius 2 is 2.07 bits per heavy atom. The van der Waals surface area contributed by atoms with Crippen molar-refractivity contribution in [2.45, 2.75) is 32.7 Å². The topological polar surface area (TPSA) is 81.9 Å². The third-order valence-electron chi connectivity index (χ3n) is 3.05. The van der Waals surface area contributed by atoms with Gasteiger partial charge in [-0.1, -0.05) is 26.7 Å². The molecule has 5 nitrogen and oxygen atoms in total. The minimum atomic E-state index is 0.0914. The van der Waals surface area contributed by atoms with Crippen molar-refractivity contribution in [1.29, 1.82) is 0 Å². The van der Waals surface area contributed by atoms with Gasteiger partial charge in [-0.25, -0.2) is 0 Å². The van der Waals surface area contributed by atoms with E-state index in [9.17, 15) is 0 Å². The monoisotopic (exact) mass is 211 g/mol. The van der Waals surface area contributed by atoms with Crippen LogP contribution >= 0.6 is 0 Å². The molecule has 0 aliphatic carbocycles. The molecule has 0 saturated carbocycles. The van der Waals surface area contributed by atoms with Crippen molar-refractivity contribution in [3.8, 4) is 0 Å². The minimum absolute atomic E-state index is 0.0914. The Hall–Kier alpha value is -1.07. The molecule has 0 bridgehead atoms. The van der Waals surface area contributed by atoms with Crippen molar-refractivity contribution in [2.75, 3.05) is 5.73 Å². The van der Waals surface area contributed by atoms with E-state index < -0.39 is 0 Å². The molecule has 0 fully saturated rings. The fraction of sp³-hybridized carbons (Fsp3) is 0.700. The molecule has 0 aliphatic heterocycles. The molecule has 86 valence electrons. The van der Waals surface area contributed by atoms with Gasteiger partial charge in [-0.05, 0) is 5.92 Å². The highest BCUT2D eigenvalue weighted by Crippen LogP contribution is 2.29. The smallest absolute Gasteiger partial charge is 0.126 e. The number of hydrogen-bond acceptors (Lipinski definition) is 4. The molecule has 15 heavy (non-hydrogen) atoms. The van der Waals surface area contributed by atoms with Crippen LogP contribution in [0.15, 0.2) is 6.20 Å². The second-order valence-electron chi connectivity index (χ2n) is 3.83. The largest absolute Gasteiger partial charge is 0.384 e. The van der Waals surface area contributed by atoms with Gasteiger partial charge in [0.15, 0.2) is 0 Å². The summed E-state index contributed by atoms with van der Waals surface area (Å²) in [6.45, 7) is 4.32. The van der Waals surface area contributed by atoms with Gasteiger partial charge < -0.3 is 5.73 Å². The third kappa shape index (κ3) is 2.30. The molecule has 1 atom stereocenters. The molecule has 1 heterocycles. The number of nitrogen functional groups attached to an aromatic ring is 1. The highest BCUT2D eigenvalue weighted by Gasteiger charge is 2.23. The average molecular weight is 211 g/mol. The average Bonchev–Trinajstić information content (AvgIpc) is 2.57. The van der Waals surface area contributed by atoms with E-state index in [1.54, 1.807) is 10.9 Å². The molecule has 5 N–H and O–H groups in total. The summed E-state index contributed by atoms with van der Waals surface area (Å²) >= 11 is 0. The lowest BCUT2D eigenvalue weighted by atomic mass is 9.90. The van der Waals surface area contributed by atoms with Crippen molar-refractivity contribution >= 4 is 5.82 Å². The zero-order valence-electron chi connectivity index (χ0n) is 9.70. The Balaban J connectivity index is 2.96. The molecule has 0 amide bonds. The van der Waals surface area contributed by atoms with Gasteiger partial charge in [0.1, 0.15) is 5.82 Å². The van der Waals surface area contributed by atoms with Gasteiger partial charge in [0, 0.05) is 12.6 Å². The number of nitrogens with zero attached hydrogens (tertiary/aromatic N) is 2. The van der Waals surface area contributed by atoms with Crippen molar-refractivity contribution in [2.24, 2.45) is 18.8 Å². The summed E-state index contributed by atoms with van der Waals surface area (Å²) in [5, 5.41) is 4.13. The number of aryl methyl sites for hydroxylation is 1. The highest BCUT2D eigenvalue weighted by atomic mass is 15.3. The van der Waals surface area contributed by atoms with Crippen LogP contribution in [0.5, 0.6) is 0 Å². The van der Waals surface area contributed by atoms with Crippen LogP contribution in [0.4, 0.5) is 5.82 Å². The van der Waals surface area contributed by atoms with Crippen LogP contribution < -0.4 is 17.0 Å². The van der Waals surface area contributed by atoms with Crippen LogP contribution in [0.25, 0.3) is 0 Å². The van der Waals surface area contributed by atoms with E-state index in [-0.39, 0.29) is 6.04 Å². The zero-order chi connectivity index (χ0) is 11.4. The Morgan fingerprint density at radius 1 is 1.47 bits per heavy atom. The van der Waals surface area contributed by atoms with Crippen LogP contribution in [0.1, 0.15) is 38.3 Å². The molecule has 5 heteroatoms. The van der Waals surface area contributed by atoms with Gasteiger partial charge in [-0.3, -0.25) is 16.0 Å². The lowest BCUT2D eigenvalue weighted by molar-refractivity contribution is 0.346. The molecule has 1 unspecified atom stereocenters. The molecule has 0 aliphatic rings. The van der Waals surface area contributed by atoms with Crippen molar-refractivity contribution < 1.29 is 0 Å². The predicted molar refractivity (Wildman–Crippen MR) is 61.8 cm³/mol. The zero-order valence-corrected chi connectivity index (χ0v) is 9.70. The van der Waals surface area contributed by atoms with Crippen molar-refractivity contribution in [3.05, 3.63) is 11.8 Å². The van der Waals surface area contributed by atoms with Gasteiger partial charge in [0.05, 0.1) is 12.2 Å². The van der Waals surface area contributed by atoms with Crippen LogP contribution in [0.3, 0.4) is 0 Å². The highest BCUT2D eigenvalue weighted by molar-refractivity contribution is 5.41. The predicted octanol–water partition coefficient (Wildman–Crippen LogP) is 0.943. The minimum Gasteiger partial charge on any atom is -0.384 e. The van der Waals surface area contributed by atoms with E-state index in [0.29, 0.717) is 11.7 Å². The number of aromatic nitrogens is 2. The molecule has 0 spiro atoms. The first-order valence-electron chi connectivity index (χ1n) is 5.39. The Labute approximate surface area is 90.8 Å². The molecular formula is C10H21N5. The standard InChI is InChI=1S/C10H21N5/c1-4-7(5-2)9(14-12)8-6-13-15(3)10(8)11/h6-7,9,14H,4-5,11-12H2,1-3H3. The maximum absolute atomic E-state index is 5.93. The number of rotatable bonds is 5. The molecule has 1 aromatic rings. The van der Waals surface area contributed by atoms with Crippen LogP contribution in [0.2, 0.25) is 0 Å². The van der Waals surface area contributed by atoms with Crippen LogP contribution in [-0.4, -0.2) is 9.78 Å². The fourth-order valence-corrected chi connectivity index (χ4v) is 1.94. The first-order valence-corrected chi connectivity index (χ1v) is 5.39. The maximum atomic E-state index is 5.93. The van der Waals surface area contributed by atoms with Gasteiger partial charge in [0.2, 0.25) is 0 Å². The Kier molecular flexibility index (Phi) is 4.11. The number of anilines is 1. The van der Waals surface area contributed by atoms with E-state index >= 15 is 0 Å². The lowest BCUT2D eigenvalue weighted by Crippen LogP contribution is -2.33. The summed E-state index contributed by atoms with van der Waals surface area (Å²) in [5.74, 6) is 6.76. The summed E-state index contributed by atoms with van der Waals surface area (Å²) in [4.78, 5) is 0. The number of hydrogen-bond donors (Lipinski definition) is 3. The summed E-state index contributed by atoms with van der Waals surface area (Å²) in [7, 11) is 1.83. The third-order valence-corrected chi connectivity index (χ3v) is 3.05. The molecule has 0 saturated heterocycles. The van der Waals surface area contributed by atoms with Crippen molar-refractivity contribution in [1.82, 2.24) is 15.2 Å². The number of nitrogens with one attached hydrogen (secondary N) is 1. The number of nitrogens with two attached hydrogens (primary N) is 2. The molecular weight excluding hydrogens is 190 g/mol. The van der Waals surface area contributed by atoms with Gasteiger partial charge >= 0.3 is 0 Å². The molecule has 1 aromatic heterocycles. The summed E-state index contributed by atoms with van der Waals surface area (Å²) in [5.41, 5.74) is 9.77. The van der Waals surface area contributed by atoms with Crippen LogP contribution in [-0.2, 0) is 7.05 Å². The van der Waals surface area contributed by atoms with Crippen LogP contribution in [0, 0.1) is 5.92 Å². The summed E-state index contributed by atoms with van der Waals surface area (Å²) < 4.78 is 1.67. The van der Waals surface area contributed by atoms with E-state index in [2.05, 4.69) is 24.4 Å². The van der Waals surface area contributed by atoms with E-state index in [4.69, 9.17) is 11.6 Å². The van der Waals surface area contributed by atoms with Gasteiger partial charge in [0.25, 0.3) is 0 Å². The van der Waals surface area contributed by atoms with E-state index in [1.807, 2.05) is 7.05 Å². The molecule has 0 radical (unpaired) electrons. The summed E-state index contributed by atoms with van der Waals surface area (Å²) in [6.07, 6.45) is 3.93. The quantitative estimate of drug-likeness (QED) is 0.500. The van der Waals surface area contributed by atoms with E-state index in [1.165, 1.54) is 0 Å². The summed E-state index contributed by atoms with van der Waals surface area (Å²) in [6, 6.07) is 0.0914. The second kappa shape index (κ2) is 5.14. The maximum Gasteiger partial charge on any atom is 0.126 e.